The van der Waals surface area contributed by atoms with E-state index in [0.29, 0.717) is 24.0 Å². The standard InChI is InChI=1S/C13H12O4/c1-2-17-13(16)5-3-4-11-8-10(9-14)6-7-12(11)15/h6-9,15H,2,5H2,1H3. The highest BCUT2D eigenvalue weighted by Gasteiger charge is 2.00. The summed E-state index contributed by atoms with van der Waals surface area (Å²) in [5.74, 6) is 4.76. The van der Waals surface area contributed by atoms with Gasteiger partial charge >= 0.3 is 5.97 Å². The van der Waals surface area contributed by atoms with E-state index in [9.17, 15) is 14.7 Å². The Balaban J connectivity index is 2.77. The number of carbonyl (C=O) groups excluding carboxylic acids is 2. The molecule has 0 atom stereocenters. The Morgan fingerprint density at radius 1 is 1.53 bits per heavy atom. The van der Waals surface area contributed by atoms with Crippen LogP contribution in [0.4, 0.5) is 0 Å². The summed E-state index contributed by atoms with van der Waals surface area (Å²) >= 11 is 0. The molecule has 0 aromatic heterocycles. The van der Waals surface area contributed by atoms with Gasteiger partial charge in [0.15, 0.2) is 0 Å². The van der Waals surface area contributed by atoms with E-state index >= 15 is 0 Å². The minimum Gasteiger partial charge on any atom is -0.507 e. The second kappa shape index (κ2) is 6.33. The molecule has 0 fully saturated rings. The van der Waals surface area contributed by atoms with Gasteiger partial charge in [0.25, 0.3) is 0 Å². The molecule has 0 aliphatic rings. The van der Waals surface area contributed by atoms with Crippen LogP contribution >= 0.6 is 0 Å². The second-order valence-electron chi connectivity index (χ2n) is 3.18. The smallest absolute Gasteiger partial charge is 0.317 e. The lowest BCUT2D eigenvalue weighted by atomic mass is 10.1. The number of rotatable bonds is 3. The lowest BCUT2D eigenvalue weighted by molar-refractivity contribution is -0.141. The van der Waals surface area contributed by atoms with E-state index in [2.05, 4.69) is 11.8 Å². The molecule has 17 heavy (non-hydrogen) atoms. The summed E-state index contributed by atoms with van der Waals surface area (Å²) in [6.07, 6.45) is 0.620. The number of esters is 1. The van der Waals surface area contributed by atoms with Crippen molar-refractivity contribution in [3.8, 4) is 17.6 Å². The molecule has 4 heteroatoms. The maximum atomic E-state index is 11.0. The minimum absolute atomic E-state index is 0.0213. The Hall–Kier alpha value is -2.28. The van der Waals surface area contributed by atoms with Crippen LogP contribution in [-0.2, 0) is 9.53 Å². The number of phenolic OH excluding ortho intramolecular Hbond substituents is 1. The van der Waals surface area contributed by atoms with Gasteiger partial charge in [0, 0.05) is 5.56 Å². The Kier molecular flexibility index (Phi) is 4.77. The summed E-state index contributed by atoms with van der Waals surface area (Å²) in [5.41, 5.74) is 0.738. The fraction of sp³-hybridized carbons (Fsp3) is 0.231. The molecular weight excluding hydrogens is 220 g/mol. The van der Waals surface area contributed by atoms with Crippen LogP contribution in [0.25, 0.3) is 0 Å². The normalized spacial score (nSPS) is 9.00. The number of ether oxygens (including phenoxy) is 1. The van der Waals surface area contributed by atoms with Crippen LogP contribution in [0.3, 0.4) is 0 Å². The van der Waals surface area contributed by atoms with Crippen molar-refractivity contribution in [2.24, 2.45) is 0 Å². The van der Waals surface area contributed by atoms with Gasteiger partial charge in [-0.25, -0.2) is 0 Å². The molecule has 0 unspecified atom stereocenters. The highest BCUT2D eigenvalue weighted by Crippen LogP contribution is 2.16. The zero-order valence-electron chi connectivity index (χ0n) is 9.40. The van der Waals surface area contributed by atoms with Crippen LogP contribution in [0, 0.1) is 11.8 Å². The average Bonchev–Trinajstić information content (AvgIpc) is 2.32. The predicted molar refractivity (Wildman–Crippen MR) is 61.6 cm³/mol. The van der Waals surface area contributed by atoms with E-state index < -0.39 is 5.97 Å². The minimum atomic E-state index is -0.411. The third kappa shape index (κ3) is 3.99. The molecule has 4 nitrogen and oxygen atoms in total. The average molecular weight is 232 g/mol. The third-order valence-electron chi connectivity index (χ3n) is 1.92. The number of hydrogen-bond acceptors (Lipinski definition) is 4. The first-order chi connectivity index (χ1) is 8.17. The molecule has 0 bridgehead atoms. The maximum absolute atomic E-state index is 11.0. The molecule has 1 aromatic rings. The summed E-state index contributed by atoms with van der Waals surface area (Å²) < 4.78 is 4.69. The van der Waals surface area contributed by atoms with Crippen LogP contribution in [0.2, 0.25) is 0 Å². The number of carbonyl (C=O) groups is 2. The topological polar surface area (TPSA) is 63.6 Å². The summed E-state index contributed by atoms with van der Waals surface area (Å²) in [6, 6.07) is 4.33. The van der Waals surface area contributed by atoms with Crippen molar-refractivity contribution < 1.29 is 19.4 Å². The zero-order chi connectivity index (χ0) is 12.7. The van der Waals surface area contributed by atoms with Gasteiger partial charge in [-0.15, -0.1) is 0 Å². The molecule has 0 saturated heterocycles. The van der Waals surface area contributed by atoms with Crippen LogP contribution in [0.15, 0.2) is 18.2 Å². The quantitative estimate of drug-likeness (QED) is 0.487. The van der Waals surface area contributed by atoms with Crippen molar-refractivity contribution in [1.29, 1.82) is 0 Å². The van der Waals surface area contributed by atoms with Gasteiger partial charge in [0.1, 0.15) is 18.5 Å². The molecule has 88 valence electrons. The molecule has 0 spiro atoms. The van der Waals surface area contributed by atoms with Gasteiger partial charge in [-0.3, -0.25) is 9.59 Å². The number of phenols is 1. The van der Waals surface area contributed by atoms with Gasteiger partial charge in [0.2, 0.25) is 0 Å². The number of aldehydes is 1. The molecule has 1 rings (SSSR count). The van der Waals surface area contributed by atoms with Crippen molar-refractivity contribution in [1.82, 2.24) is 0 Å². The van der Waals surface area contributed by atoms with Crippen molar-refractivity contribution in [3.63, 3.8) is 0 Å². The number of aromatic hydroxyl groups is 1. The monoisotopic (exact) mass is 232 g/mol. The van der Waals surface area contributed by atoms with Crippen molar-refractivity contribution >= 4 is 12.3 Å². The Morgan fingerprint density at radius 3 is 2.94 bits per heavy atom. The van der Waals surface area contributed by atoms with E-state index in [1.165, 1.54) is 18.2 Å². The first kappa shape index (κ1) is 12.8. The lowest BCUT2D eigenvalue weighted by Gasteiger charge is -1.97. The summed E-state index contributed by atoms with van der Waals surface area (Å²) in [7, 11) is 0. The van der Waals surface area contributed by atoms with Crippen LogP contribution in [0.5, 0.6) is 5.75 Å². The van der Waals surface area contributed by atoms with E-state index in [1.807, 2.05) is 0 Å². The van der Waals surface area contributed by atoms with E-state index in [4.69, 9.17) is 4.74 Å². The molecule has 1 N–H and O–H groups in total. The summed E-state index contributed by atoms with van der Waals surface area (Å²) in [4.78, 5) is 21.5. The largest absolute Gasteiger partial charge is 0.507 e. The van der Waals surface area contributed by atoms with Crippen LogP contribution in [0.1, 0.15) is 29.3 Å². The summed E-state index contributed by atoms with van der Waals surface area (Å²) in [6.45, 7) is 2.02. The van der Waals surface area contributed by atoms with Gasteiger partial charge < -0.3 is 9.84 Å². The van der Waals surface area contributed by atoms with E-state index in [-0.39, 0.29) is 12.2 Å². The fourth-order valence-corrected chi connectivity index (χ4v) is 1.15. The third-order valence-corrected chi connectivity index (χ3v) is 1.92. The lowest BCUT2D eigenvalue weighted by Crippen LogP contribution is -2.01. The second-order valence-corrected chi connectivity index (χ2v) is 3.18. The Labute approximate surface area is 99.2 Å². The predicted octanol–water partition coefficient (Wildman–Crippen LogP) is 1.51. The highest BCUT2D eigenvalue weighted by molar-refractivity contribution is 5.77. The van der Waals surface area contributed by atoms with Crippen LogP contribution < -0.4 is 0 Å². The van der Waals surface area contributed by atoms with Gasteiger partial charge in [-0.1, -0.05) is 11.8 Å². The molecule has 0 heterocycles. The van der Waals surface area contributed by atoms with Gasteiger partial charge in [-0.2, -0.15) is 0 Å². The van der Waals surface area contributed by atoms with E-state index in [1.54, 1.807) is 6.92 Å². The molecule has 0 radical (unpaired) electrons. The van der Waals surface area contributed by atoms with Gasteiger partial charge in [-0.05, 0) is 25.1 Å². The number of benzene rings is 1. The van der Waals surface area contributed by atoms with Crippen LogP contribution in [-0.4, -0.2) is 24.0 Å². The first-order valence-corrected chi connectivity index (χ1v) is 5.10. The highest BCUT2D eigenvalue weighted by atomic mass is 16.5. The molecule has 0 saturated carbocycles. The zero-order valence-corrected chi connectivity index (χ0v) is 9.40. The molecular formula is C13H12O4. The molecule has 1 aromatic carbocycles. The van der Waals surface area contributed by atoms with Gasteiger partial charge in [0.05, 0.1) is 12.2 Å². The molecule has 0 aliphatic carbocycles. The van der Waals surface area contributed by atoms with Crippen molar-refractivity contribution in [2.45, 2.75) is 13.3 Å². The molecule has 0 amide bonds. The Bertz CT molecular complexity index is 480. The molecule has 0 aliphatic heterocycles. The number of hydrogen-bond donors (Lipinski definition) is 1. The Morgan fingerprint density at radius 2 is 2.29 bits per heavy atom. The fourth-order valence-electron chi connectivity index (χ4n) is 1.15. The SMILES string of the molecule is CCOC(=O)CC#Cc1cc(C=O)ccc1O. The van der Waals surface area contributed by atoms with Crippen molar-refractivity contribution in [2.75, 3.05) is 6.61 Å². The van der Waals surface area contributed by atoms with E-state index in [0.717, 1.165) is 0 Å². The maximum Gasteiger partial charge on any atom is 0.317 e. The first-order valence-electron chi connectivity index (χ1n) is 5.10. The summed E-state index contributed by atoms with van der Waals surface area (Å²) in [5, 5.41) is 9.46. The van der Waals surface area contributed by atoms with Crippen molar-refractivity contribution in [3.05, 3.63) is 29.3 Å².